The van der Waals surface area contributed by atoms with Crippen LogP contribution in [-0.4, -0.2) is 45.4 Å². The highest BCUT2D eigenvalue weighted by Gasteiger charge is 2.17. The number of hydrogen-bond acceptors (Lipinski definition) is 6. The van der Waals surface area contributed by atoms with Gasteiger partial charge in [-0.05, 0) is 30.0 Å². The second-order valence-electron chi connectivity index (χ2n) is 7.15. The Bertz CT molecular complexity index is 901. The van der Waals surface area contributed by atoms with E-state index in [9.17, 15) is 9.59 Å². The highest BCUT2D eigenvalue weighted by Crippen LogP contribution is 2.38. The van der Waals surface area contributed by atoms with Crippen molar-refractivity contribution in [1.82, 2.24) is 10.7 Å². The van der Waals surface area contributed by atoms with Gasteiger partial charge in [-0.2, -0.15) is 5.10 Å². The number of hydrazone groups is 1. The maximum Gasteiger partial charge on any atom is 0.259 e. The molecule has 0 heterocycles. The standard InChI is InChI=1S/C23H29N3O5/c1-15(2)11-18(16-9-7-6-8-10-16)25-26-21(27)14-24-23(28)17-12-19(29-3)22(31-5)20(13-17)30-4/h6-10,12-13,15H,11,14H2,1-5H3,(H,24,28)(H,26,27)/b25-18+. The van der Waals surface area contributed by atoms with Gasteiger partial charge in [0, 0.05) is 5.56 Å². The topological polar surface area (TPSA) is 98.2 Å². The number of rotatable bonds is 10. The number of benzene rings is 2. The molecule has 31 heavy (non-hydrogen) atoms. The summed E-state index contributed by atoms with van der Waals surface area (Å²) in [6, 6.07) is 12.7. The van der Waals surface area contributed by atoms with Crippen LogP contribution in [0.1, 0.15) is 36.2 Å². The molecule has 0 aliphatic heterocycles. The van der Waals surface area contributed by atoms with Crippen molar-refractivity contribution in [3.63, 3.8) is 0 Å². The van der Waals surface area contributed by atoms with Gasteiger partial charge in [-0.25, -0.2) is 5.43 Å². The number of nitrogens with zero attached hydrogens (tertiary/aromatic N) is 1. The fourth-order valence-electron chi connectivity index (χ4n) is 2.89. The van der Waals surface area contributed by atoms with Gasteiger partial charge >= 0.3 is 0 Å². The first-order valence-corrected chi connectivity index (χ1v) is 9.88. The van der Waals surface area contributed by atoms with Crippen LogP contribution in [0.3, 0.4) is 0 Å². The molecular weight excluding hydrogens is 398 g/mol. The maximum absolute atomic E-state index is 12.5. The summed E-state index contributed by atoms with van der Waals surface area (Å²) in [4.78, 5) is 24.8. The summed E-state index contributed by atoms with van der Waals surface area (Å²) in [5.74, 6) is 0.564. The van der Waals surface area contributed by atoms with Gasteiger partial charge in [-0.1, -0.05) is 44.2 Å². The zero-order valence-corrected chi connectivity index (χ0v) is 18.5. The average molecular weight is 428 g/mol. The van der Waals surface area contributed by atoms with E-state index >= 15 is 0 Å². The second-order valence-corrected chi connectivity index (χ2v) is 7.15. The summed E-state index contributed by atoms with van der Waals surface area (Å²) in [5, 5.41) is 6.84. The van der Waals surface area contributed by atoms with E-state index < -0.39 is 11.8 Å². The minimum Gasteiger partial charge on any atom is -0.493 e. The molecule has 0 saturated heterocycles. The molecular formula is C23H29N3O5. The number of hydrogen-bond donors (Lipinski definition) is 2. The van der Waals surface area contributed by atoms with Crippen molar-refractivity contribution < 1.29 is 23.8 Å². The molecule has 0 radical (unpaired) electrons. The number of methoxy groups -OCH3 is 3. The molecule has 166 valence electrons. The summed E-state index contributed by atoms with van der Waals surface area (Å²) in [6.07, 6.45) is 0.710. The number of amides is 2. The van der Waals surface area contributed by atoms with Crippen LogP contribution in [-0.2, 0) is 4.79 Å². The second kappa shape index (κ2) is 11.6. The average Bonchev–Trinajstić information content (AvgIpc) is 2.79. The smallest absolute Gasteiger partial charge is 0.259 e. The van der Waals surface area contributed by atoms with Gasteiger partial charge in [0.1, 0.15) is 0 Å². The first-order chi connectivity index (χ1) is 14.9. The molecule has 2 aromatic rings. The molecule has 0 saturated carbocycles. The fourth-order valence-corrected chi connectivity index (χ4v) is 2.89. The lowest BCUT2D eigenvalue weighted by Gasteiger charge is -2.14. The monoisotopic (exact) mass is 427 g/mol. The Morgan fingerprint density at radius 2 is 1.55 bits per heavy atom. The third-order valence-corrected chi connectivity index (χ3v) is 4.36. The number of carbonyl (C=O) groups is 2. The Morgan fingerprint density at radius 1 is 0.935 bits per heavy atom. The van der Waals surface area contributed by atoms with Crippen molar-refractivity contribution >= 4 is 17.5 Å². The Hall–Kier alpha value is -3.55. The quantitative estimate of drug-likeness (QED) is 0.449. The van der Waals surface area contributed by atoms with E-state index in [1.165, 1.54) is 33.5 Å². The van der Waals surface area contributed by atoms with Crippen molar-refractivity contribution in [1.29, 1.82) is 0 Å². The zero-order valence-electron chi connectivity index (χ0n) is 18.5. The highest BCUT2D eigenvalue weighted by atomic mass is 16.5. The predicted octanol–water partition coefficient (Wildman–Crippen LogP) is 3.01. The largest absolute Gasteiger partial charge is 0.493 e. The maximum atomic E-state index is 12.5. The lowest BCUT2D eigenvalue weighted by Crippen LogP contribution is -2.35. The molecule has 0 aliphatic carbocycles. The van der Waals surface area contributed by atoms with E-state index in [4.69, 9.17) is 14.2 Å². The van der Waals surface area contributed by atoms with Crippen LogP contribution in [0.15, 0.2) is 47.6 Å². The zero-order chi connectivity index (χ0) is 22.8. The molecule has 8 nitrogen and oxygen atoms in total. The van der Waals surface area contributed by atoms with Gasteiger partial charge in [0.2, 0.25) is 5.75 Å². The molecule has 2 rings (SSSR count). The van der Waals surface area contributed by atoms with Gasteiger partial charge in [0.15, 0.2) is 11.5 Å². The summed E-state index contributed by atoms with van der Waals surface area (Å²) in [6.45, 7) is 3.93. The molecule has 0 bridgehead atoms. The first kappa shape index (κ1) is 23.7. The molecule has 0 spiro atoms. The van der Waals surface area contributed by atoms with E-state index in [-0.39, 0.29) is 12.1 Å². The molecule has 2 amide bonds. The van der Waals surface area contributed by atoms with Crippen LogP contribution in [0.2, 0.25) is 0 Å². The van der Waals surface area contributed by atoms with Crippen molar-refractivity contribution in [3.8, 4) is 17.2 Å². The first-order valence-electron chi connectivity index (χ1n) is 9.88. The molecule has 0 aliphatic rings. The van der Waals surface area contributed by atoms with E-state index in [0.717, 1.165) is 11.3 Å². The third kappa shape index (κ3) is 6.74. The fraction of sp³-hybridized carbons (Fsp3) is 0.348. The van der Waals surface area contributed by atoms with E-state index in [0.29, 0.717) is 29.6 Å². The predicted molar refractivity (Wildman–Crippen MR) is 119 cm³/mol. The summed E-state index contributed by atoms with van der Waals surface area (Å²) in [7, 11) is 4.41. The van der Waals surface area contributed by atoms with E-state index in [1.54, 1.807) is 0 Å². The number of carbonyl (C=O) groups excluding carboxylic acids is 2. The molecule has 2 N–H and O–H groups in total. The Balaban J connectivity index is 2.05. The molecule has 0 atom stereocenters. The van der Waals surface area contributed by atoms with Crippen molar-refractivity contribution in [2.24, 2.45) is 11.0 Å². The SMILES string of the molecule is COc1cc(C(=O)NCC(=O)N/N=C(\CC(C)C)c2ccccc2)cc(OC)c1OC. The van der Waals surface area contributed by atoms with Crippen LogP contribution in [0.4, 0.5) is 0 Å². The Labute approximate surface area is 182 Å². The lowest BCUT2D eigenvalue weighted by atomic mass is 10.0. The molecule has 0 fully saturated rings. The van der Waals surface area contributed by atoms with Crippen molar-refractivity contribution in [2.75, 3.05) is 27.9 Å². The summed E-state index contributed by atoms with van der Waals surface area (Å²) < 4.78 is 15.8. The van der Waals surface area contributed by atoms with E-state index in [2.05, 4.69) is 29.7 Å². The minimum absolute atomic E-state index is 0.233. The van der Waals surface area contributed by atoms with Gasteiger partial charge in [0.25, 0.3) is 11.8 Å². The summed E-state index contributed by atoms with van der Waals surface area (Å²) in [5.41, 5.74) is 4.52. The van der Waals surface area contributed by atoms with Gasteiger partial charge in [0.05, 0.1) is 33.6 Å². The molecule has 2 aromatic carbocycles. The van der Waals surface area contributed by atoms with Gasteiger partial charge in [-0.3, -0.25) is 9.59 Å². The molecule has 0 aromatic heterocycles. The van der Waals surface area contributed by atoms with Crippen molar-refractivity contribution in [3.05, 3.63) is 53.6 Å². The van der Waals surface area contributed by atoms with Crippen LogP contribution in [0.25, 0.3) is 0 Å². The summed E-state index contributed by atoms with van der Waals surface area (Å²) >= 11 is 0. The Morgan fingerprint density at radius 3 is 2.06 bits per heavy atom. The van der Waals surface area contributed by atoms with Crippen molar-refractivity contribution in [2.45, 2.75) is 20.3 Å². The Kier molecular flexibility index (Phi) is 8.87. The number of nitrogens with one attached hydrogen (secondary N) is 2. The lowest BCUT2D eigenvalue weighted by molar-refractivity contribution is -0.120. The van der Waals surface area contributed by atoms with Gasteiger partial charge in [-0.15, -0.1) is 0 Å². The third-order valence-electron chi connectivity index (χ3n) is 4.36. The normalized spacial score (nSPS) is 11.1. The minimum atomic E-state index is -0.455. The van der Waals surface area contributed by atoms with Crippen LogP contribution >= 0.6 is 0 Å². The number of ether oxygens (including phenoxy) is 3. The van der Waals surface area contributed by atoms with Crippen LogP contribution < -0.4 is 25.0 Å². The highest BCUT2D eigenvalue weighted by molar-refractivity contribution is 6.01. The molecule has 8 heteroatoms. The van der Waals surface area contributed by atoms with Gasteiger partial charge < -0.3 is 19.5 Å². The van der Waals surface area contributed by atoms with E-state index in [1.807, 2.05) is 30.3 Å². The van der Waals surface area contributed by atoms with Crippen LogP contribution in [0, 0.1) is 5.92 Å². The van der Waals surface area contributed by atoms with Crippen LogP contribution in [0.5, 0.6) is 17.2 Å². The molecule has 0 unspecified atom stereocenters.